The van der Waals surface area contributed by atoms with Gasteiger partial charge in [0, 0.05) is 23.8 Å². The van der Waals surface area contributed by atoms with Gasteiger partial charge in [-0.3, -0.25) is 4.79 Å². The fourth-order valence-corrected chi connectivity index (χ4v) is 3.07. The zero-order valence-corrected chi connectivity index (χ0v) is 15.9. The van der Waals surface area contributed by atoms with E-state index >= 15 is 0 Å². The second-order valence-electron chi connectivity index (χ2n) is 6.63. The summed E-state index contributed by atoms with van der Waals surface area (Å²) in [5.41, 5.74) is 7.77. The van der Waals surface area contributed by atoms with Gasteiger partial charge >= 0.3 is 5.91 Å². The van der Waals surface area contributed by atoms with Gasteiger partial charge in [0.1, 0.15) is 0 Å². The molecule has 3 aromatic carbocycles. The van der Waals surface area contributed by atoms with Crippen LogP contribution < -0.4 is 10.1 Å². The standard InChI is InChI=1S/C26H20N2O/c29-26(23-14-8-3-9-15-23)27-28-19-18-24(22-12-6-2-7-13-22)20-25(28)17-16-21-10-4-1-5-11-21/h1-20H/p+1/b17-16+. The zero-order valence-electron chi connectivity index (χ0n) is 15.9. The van der Waals surface area contributed by atoms with Crippen molar-refractivity contribution in [1.82, 2.24) is 0 Å². The lowest BCUT2D eigenvalue weighted by atomic mass is 10.1. The summed E-state index contributed by atoms with van der Waals surface area (Å²) in [7, 11) is 0. The molecule has 0 atom stereocenters. The van der Waals surface area contributed by atoms with Crippen LogP contribution in [0.2, 0.25) is 0 Å². The summed E-state index contributed by atoms with van der Waals surface area (Å²) in [4.78, 5) is 12.6. The Morgan fingerprint density at radius 1 is 0.690 bits per heavy atom. The maximum absolute atomic E-state index is 12.6. The van der Waals surface area contributed by atoms with Crippen LogP contribution in [-0.2, 0) is 0 Å². The van der Waals surface area contributed by atoms with E-state index in [1.165, 1.54) is 0 Å². The predicted octanol–water partition coefficient (Wildman–Crippen LogP) is 5.20. The number of carbonyl (C=O) groups excluding carboxylic acids is 1. The number of aromatic nitrogens is 1. The molecule has 0 bridgehead atoms. The first-order chi connectivity index (χ1) is 14.3. The third kappa shape index (κ3) is 4.66. The van der Waals surface area contributed by atoms with Crippen molar-refractivity contribution in [3.63, 3.8) is 0 Å². The van der Waals surface area contributed by atoms with Crippen LogP contribution in [0.1, 0.15) is 21.6 Å². The van der Waals surface area contributed by atoms with E-state index in [-0.39, 0.29) is 5.91 Å². The number of nitrogens with zero attached hydrogens (tertiary/aromatic N) is 1. The minimum Gasteiger partial charge on any atom is -0.264 e. The van der Waals surface area contributed by atoms with Crippen LogP contribution in [0.15, 0.2) is 109 Å². The number of benzene rings is 3. The van der Waals surface area contributed by atoms with Crippen LogP contribution in [0.5, 0.6) is 0 Å². The van der Waals surface area contributed by atoms with Crippen LogP contribution in [0.3, 0.4) is 0 Å². The lowest BCUT2D eigenvalue weighted by molar-refractivity contribution is -0.643. The minimum absolute atomic E-state index is 0.155. The number of carbonyl (C=O) groups is 1. The highest BCUT2D eigenvalue weighted by atomic mass is 16.2. The van der Waals surface area contributed by atoms with E-state index < -0.39 is 0 Å². The number of rotatable bonds is 5. The molecule has 0 aliphatic carbocycles. The Kier molecular flexibility index (Phi) is 5.58. The molecular formula is C26H21N2O+. The second-order valence-corrected chi connectivity index (χ2v) is 6.63. The Hall–Kier alpha value is -3.98. The number of hydrogen-bond acceptors (Lipinski definition) is 1. The summed E-state index contributed by atoms with van der Waals surface area (Å²) < 4.78 is 1.75. The van der Waals surface area contributed by atoms with Crippen LogP contribution in [0.4, 0.5) is 0 Å². The molecule has 0 saturated heterocycles. The van der Waals surface area contributed by atoms with E-state index in [0.29, 0.717) is 5.56 Å². The van der Waals surface area contributed by atoms with Crippen LogP contribution in [0.25, 0.3) is 23.3 Å². The van der Waals surface area contributed by atoms with E-state index in [1.54, 1.807) is 16.8 Å². The van der Waals surface area contributed by atoms with Crippen molar-refractivity contribution < 1.29 is 9.47 Å². The van der Waals surface area contributed by atoms with E-state index in [4.69, 9.17) is 0 Å². The maximum Gasteiger partial charge on any atom is 0.305 e. The van der Waals surface area contributed by atoms with Gasteiger partial charge in [0.25, 0.3) is 0 Å². The molecule has 0 aliphatic heterocycles. The lowest BCUT2D eigenvalue weighted by Gasteiger charge is -2.05. The van der Waals surface area contributed by atoms with Gasteiger partial charge < -0.3 is 0 Å². The SMILES string of the molecule is O=C(N[n+]1ccc(-c2ccccc2)cc1/C=C/c1ccccc1)c1ccccc1. The summed E-state index contributed by atoms with van der Waals surface area (Å²) in [6.45, 7) is 0. The highest BCUT2D eigenvalue weighted by Gasteiger charge is 2.15. The molecule has 29 heavy (non-hydrogen) atoms. The third-order valence-corrected chi connectivity index (χ3v) is 4.60. The van der Waals surface area contributed by atoms with Crippen molar-refractivity contribution in [1.29, 1.82) is 0 Å². The summed E-state index contributed by atoms with van der Waals surface area (Å²) in [6, 6.07) is 33.6. The monoisotopic (exact) mass is 377 g/mol. The van der Waals surface area contributed by atoms with Gasteiger partial charge in [-0.2, -0.15) is 0 Å². The van der Waals surface area contributed by atoms with Crippen molar-refractivity contribution in [2.24, 2.45) is 0 Å². The first kappa shape index (κ1) is 18.4. The zero-order chi connectivity index (χ0) is 19.9. The number of amides is 1. The topological polar surface area (TPSA) is 33.0 Å². The van der Waals surface area contributed by atoms with E-state index in [0.717, 1.165) is 22.4 Å². The Bertz CT molecular complexity index is 1120. The third-order valence-electron chi connectivity index (χ3n) is 4.60. The second kappa shape index (κ2) is 8.81. The van der Waals surface area contributed by atoms with Crippen molar-refractivity contribution in [3.05, 3.63) is 126 Å². The molecule has 4 rings (SSSR count). The number of nitrogens with one attached hydrogen (secondary N) is 1. The molecule has 0 saturated carbocycles. The highest BCUT2D eigenvalue weighted by Crippen LogP contribution is 2.19. The summed E-state index contributed by atoms with van der Waals surface area (Å²) in [5.74, 6) is -0.155. The molecule has 1 amide bonds. The molecule has 4 aromatic rings. The summed E-state index contributed by atoms with van der Waals surface area (Å²) in [5, 5.41) is 0. The average molecular weight is 377 g/mol. The van der Waals surface area contributed by atoms with E-state index in [9.17, 15) is 4.79 Å². The molecule has 0 aliphatic rings. The average Bonchev–Trinajstić information content (AvgIpc) is 2.80. The molecule has 1 N–H and O–H groups in total. The first-order valence-electron chi connectivity index (χ1n) is 9.50. The molecule has 140 valence electrons. The van der Waals surface area contributed by atoms with Crippen molar-refractivity contribution in [2.45, 2.75) is 0 Å². The lowest BCUT2D eigenvalue weighted by Crippen LogP contribution is -2.50. The van der Waals surface area contributed by atoms with Crippen LogP contribution >= 0.6 is 0 Å². The first-order valence-corrected chi connectivity index (χ1v) is 9.50. The quantitative estimate of drug-likeness (QED) is 0.477. The fourth-order valence-electron chi connectivity index (χ4n) is 3.07. The van der Waals surface area contributed by atoms with Crippen LogP contribution in [-0.4, -0.2) is 5.91 Å². The molecule has 0 fully saturated rings. The molecule has 1 heterocycles. The molecular weight excluding hydrogens is 356 g/mol. The van der Waals surface area contributed by atoms with Gasteiger partial charge in [0.2, 0.25) is 11.9 Å². The van der Waals surface area contributed by atoms with Crippen molar-refractivity contribution >= 4 is 18.1 Å². The largest absolute Gasteiger partial charge is 0.305 e. The molecule has 0 radical (unpaired) electrons. The Morgan fingerprint density at radius 2 is 1.31 bits per heavy atom. The maximum atomic E-state index is 12.6. The summed E-state index contributed by atoms with van der Waals surface area (Å²) in [6.07, 6.45) is 5.93. The molecule has 0 spiro atoms. The van der Waals surface area contributed by atoms with E-state index in [2.05, 4.69) is 23.6 Å². The van der Waals surface area contributed by atoms with Gasteiger partial charge in [0.05, 0.1) is 0 Å². The highest BCUT2D eigenvalue weighted by molar-refractivity contribution is 5.98. The van der Waals surface area contributed by atoms with Crippen molar-refractivity contribution in [2.75, 3.05) is 5.43 Å². The normalized spacial score (nSPS) is 10.8. The number of hydrogen-bond donors (Lipinski definition) is 1. The molecule has 3 nitrogen and oxygen atoms in total. The van der Waals surface area contributed by atoms with Crippen molar-refractivity contribution in [3.8, 4) is 11.1 Å². The number of pyridine rings is 1. The molecule has 3 heteroatoms. The molecule has 1 aromatic heterocycles. The summed E-state index contributed by atoms with van der Waals surface area (Å²) >= 11 is 0. The van der Waals surface area contributed by atoms with Gasteiger partial charge in [0.15, 0.2) is 0 Å². The van der Waals surface area contributed by atoms with Crippen LogP contribution in [0, 0.1) is 0 Å². The molecule has 0 unspecified atom stereocenters. The van der Waals surface area contributed by atoms with Gasteiger partial charge in [-0.05, 0) is 34.9 Å². The van der Waals surface area contributed by atoms with Gasteiger partial charge in [-0.25, -0.2) is 0 Å². The predicted molar refractivity (Wildman–Crippen MR) is 118 cm³/mol. The Labute approximate surface area is 170 Å². The smallest absolute Gasteiger partial charge is 0.264 e. The minimum atomic E-state index is -0.155. The van der Waals surface area contributed by atoms with Gasteiger partial charge in [-0.15, -0.1) is 5.43 Å². The van der Waals surface area contributed by atoms with E-state index in [1.807, 2.05) is 91.1 Å². The Balaban J connectivity index is 1.69. The van der Waals surface area contributed by atoms with Gasteiger partial charge in [-0.1, -0.05) is 83.5 Å². The fraction of sp³-hybridized carbons (Fsp3) is 0. The Morgan fingerprint density at radius 3 is 2.00 bits per heavy atom.